The van der Waals surface area contributed by atoms with E-state index in [2.05, 4.69) is 4.98 Å². The number of unbranched alkanes of at least 4 members (excludes halogenated alkanes) is 1. The van der Waals surface area contributed by atoms with Gasteiger partial charge in [-0.05, 0) is 39.5 Å². The number of imidazole rings is 1. The van der Waals surface area contributed by atoms with E-state index in [1.54, 1.807) is 13.8 Å². The molecule has 0 saturated heterocycles. The molecule has 0 aromatic carbocycles. The second kappa shape index (κ2) is 6.70. The van der Waals surface area contributed by atoms with Crippen LogP contribution in [0, 0.1) is 0 Å². The average molecular weight is 329 g/mol. The molecule has 0 amide bonds. The van der Waals surface area contributed by atoms with Crippen LogP contribution >= 0.6 is 0 Å². The van der Waals surface area contributed by atoms with Crippen molar-refractivity contribution in [2.75, 3.05) is 0 Å². The molecule has 0 saturated carbocycles. The van der Waals surface area contributed by atoms with Crippen LogP contribution in [0.3, 0.4) is 0 Å². The maximum absolute atomic E-state index is 13.0. The van der Waals surface area contributed by atoms with E-state index < -0.39 is 42.1 Å². The molecule has 1 N–H and O–H groups in total. The number of fused-ring (bicyclic) bond motifs is 1. The van der Waals surface area contributed by atoms with E-state index in [-0.39, 0.29) is 12.2 Å². The summed E-state index contributed by atoms with van der Waals surface area (Å²) in [4.78, 5) is 29.4. The summed E-state index contributed by atoms with van der Waals surface area (Å²) >= 11 is 0. The second-order valence-corrected chi connectivity index (χ2v) is 6.09. The van der Waals surface area contributed by atoms with Gasteiger partial charge in [-0.15, -0.1) is 0 Å². The Morgan fingerprint density at radius 1 is 1.39 bits per heavy atom. The van der Waals surface area contributed by atoms with Crippen molar-refractivity contribution in [3.05, 3.63) is 27.2 Å². The summed E-state index contributed by atoms with van der Waals surface area (Å²) in [5.41, 5.74) is -3.05. The van der Waals surface area contributed by atoms with Crippen molar-refractivity contribution in [1.29, 1.82) is 0 Å². The Kier molecular flexibility index (Phi) is 2.93. The summed E-state index contributed by atoms with van der Waals surface area (Å²) in [5.74, 6) is 0. The number of aliphatic hydroxyl groups is 1. The molecule has 0 spiro atoms. The van der Waals surface area contributed by atoms with Crippen LogP contribution in [0.5, 0.6) is 0 Å². The number of aromatic nitrogens is 4. The van der Waals surface area contributed by atoms with Gasteiger partial charge in [0.15, 0.2) is 11.2 Å². The first kappa shape index (κ1) is 10.1. The molecule has 0 aliphatic carbocycles. The van der Waals surface area contributed by atoms with Crippen LogP contribution in [0.2, 0.25) is 0 Å². The largest absolute Gasteiger partial charge is 0.390 e. The van der Waals surface area contributed by atoms with Crippen LogP contribution in [0.1, 0.15) is 55.9 Å². The zero-order chi connectivity index (χ0) is 23.3. The van der Waals surface area contributed by atoms with Crippen LogP contribution in [0.4, 0.5) is 0 Å². The van der Waals surface area contributed by atoms with Gasteiger partial charge in [0, 0.05) is 29.7 Å². The quantitative estimate of drug-likeness (QED) is 0.775. The summed E-state index contributed by atoms with van der Waals surface area (Å²) in [5, 5.41) is 9.78. The molecular weight excluding hydrogens is 296 g/mol. The molecule has 0 aliphatic rings. The lowest BCUT2D eigenvalue weighted by Gasteiger charge is -2.16. The van der Waals surface area contributed by atoms with E-state index in [4.69, 9.17) is 9.60 Å². The normalized spacial score (nSPS) is 18.5. The van der Waals surface area contributed by atoms with Gasteiger partial charge in [0.05, 0.1) is 11.9 Å². The van der Waals surface area contributed by atoms with Crippen LogP contribution < -0.4 is 11.2 Å². The van der Waals surface area contributed by atoms with E-state index in [1.807, 2.05) is 0 Å². The van der Waals surface area contributed by atoms with E-state index in [0.717, 1.165) is 15.5 Å². The van der Waals surface area contributed by atoms with Crippen molar-refractivity contribution in [2.45, 2.75) is 65.0 Å². The van der Waals surface area contributed by atoms with Gasteiger partial charge >= 0.3 is 5.69 Å². The highest BCUT2D eigenvalue weighted by Gasteiger charge is 2.16. The molecule has 23 heavy (non-hydrogen) atoms. The van der Waals surface area contributed by atoms with Crippen LogP contribution in [-0.4, -0.2) is 29.4 Å². The zero-order valence-corrected chi connectivity index (χ0v) is 13.5. The standard InChI is InChI=1S/C16H26N4O3/c1-5-9-19-11-17-13-12(19)14(21)20(15(22)18(13)4)10-7-6-8-16(2,3)23/h11,23H,5-10H2,1-4H3/i1D3,5D2,9D2. The van der Waals surface area contributed by atoms with Gasteiger partial charge in [-0.25, -0.2) is 9.78 Å². The Bertz CT molecular complexity index is 1040. The summed E-state index contributed by atoms with van der Waals surface area (Å²) in [7, 11) is 1.34. The van der Waals surface area contributed by atoms with Crippen LogP contribution in [0.15, 0.2) is 15.9 Å². The van der Waals surface area contributed by atoms with Gasteiger partial charge in [-0.1, -0.05) is 6.85 Å². The fourth-order valence-electron chi connectivity index (χ4n) is 2.44. The van der Waals surface area contributed by atoms with E-state index >= 15 is 0 Å². The number of aryl methyl sites for hydroxylation is 2. The topological polar surface area (TPSA) is 82.1 Å². The lowest BCUT2D eigenvalue weighted by Crippen LogP contribution is -2.39. The van der Waals surface area contributed by atoms with E-state index in [0.29, 0.717) is 23.8 Å². The third kappa shape index (κ3) is 3.72. The van der Waals surface area contributed by atoms with Gasteiger partial charge in [0.25, 0.3) is 5.56 Å². The Hall–Kier alpha value is -1.89. The van der Waals surface area contributed by atoms with Gasteiger partial charge < -0.3 is 9.67 Å². The molecule has 0 atom stereocenters. The SMILES string of the molecule is [2H]C([2H])([2H])C([2H])([2H])C([2H])([2H])n1cnc2c1c(=O)n(CCCCC(C)(C)O)c(=O)n2C. The number of rotatable bonds is 7. The van der Waals surface area contributed by atoms with Crippen molar-refractivity contribution < 1.29 is 14.7 Å². The van der Waals surface area contributed by atoms with Gasteiger partial charge in [-0.3, -0.25) is 13.9 Å². The van der Waals surface area contributed by atoms with Crippen molar-refractivity contribution in [3.63, 3.8) is 0 Å². The summed E-state index contributed by atoms with van der Waals surface area (Å²) in [6, 6.07) is 0. The number of nitrogens with zero attached hydrogens (tertiary/aromatic N) is 4. The Balaban J connectivity index is 2.60. The van der Waals surface area contributed by atoms with E-state index in [9.17, 15) is 14.7 Å². The highest BCUT2D eigenvalue weighted by molar-refractivity contribution is 5.69. The molecule has 2 aromatic heterocycles. The van der Waals surface area contributed by atoms with Crippen molar-refractivity contribution in [2.24, 2.45) is 7.05 Å². The first-order valence-electron chi connectivity index (χ1n) is 10.8. The fraction of sp³-hybridized carbons (Fsp3) is 0.688. The molecule has 0 aliphatic heterocycles. The molecule has 2 aromatic rings. The van der Waals surface area contributed by atoms with Gasteiger partial charge in [0.1, 0.15) is 0 Å². The third-order valence-corrected chi connectivity index (χ3v) is 3.63. The number of hydrogen-bond donors (Lipinski definition) is 1. The Morgan fingerprint density at radius 3 is 2.78 bits per heavy atom. The molecule has 7 heteroatoms. The van der Waals surface area contributed by atoms with Gasteiger partial charge in [0.2, 0.25) is 0 Å². The van der Waals surface area contributed by atoms with Crippen molar-refractivity contribution >= 4 is 11.2 Å². The highest BCUT2D eigenvalue weighted by Crippen LogP contribution is 2.12. The fourth-order valence-corrected chi connectivity index (χ4v) is 2.44. The van der Waals surface area contributed by atoms with Crippen molar-refractivity contribution in [3.8, 4) is 0 Å². The van der Waals surface area contributed by atoms with Crippen LogP contribution in [-0.2, 0) is 20.1 Å². The second-order valence-electron chi connectivity index (χ2n) is 6.09. The molecule has 128 valence electrons. The van der Waals surface area contributed by atoms with Crippen molar-refractivity contribution in [1.82, 2.24) is 18.7 Å². The highest BCUT2D eigenvalue weighted by atomic mass is 16.3. The Labute approximate surface area is 145 Å². The molecule has 0 radical (unpaired) electrons. The Morgan fingerprint density at radius 2 is 2.13 bits per heavy atom. The summed E-state index contributed by atoms with van der Waals surface area (Å²) in [6.07, 6.45) is -1.15. The van der Waals surface area contributed by atoms with Gasteiger partial charge in [-0.2, -0.15) is 0 Å². The van der Waals surface area contributed by atoms with Crippen LogP contribution in [0.25, 0.3) is 11.2 Å². The van der Waals surface area contributed by atoms with E-state index in [1.165, 1.54) is 7.05 Å². The molecule has 0 fully saturated rings. The predicted molar refractivity (Wildman–Crippen MR) is 89.7 cm³/mol. The monoisotopic (exact) mass is 329 g/mol. The minimum atomic E-state index is -3.34. The molecule has 0 bridgehead atoms. The first-order valence-corrected chi connectivity index (χ1v) is 7.33. The molecule has 2 rings (SSSR count). The lowest BCUT2D eigenvalue weighted by atomic mass is 10.0. The first-order chi connectivity index (χ1) is 13.4. The molecule has 2 heterocycles. The maximum Gasteiger partial charge on any atom is 0.332 e. The maximum atomic E-state index is 13.0. The zero-order valence-electron chi connectivity index (χ0n) is 20.5. The predicted octanol–water partition coefficient (Wildman–Crippen LogP) is 1.25. The third-order valence-electron chi connectivity index (χ3n) is 3.63. The molecule has 7 nitrogen and oxygen atoms in total. The smallest absolute Gasteiger partial charge is 0.332 e. The minimum Gasteiger partial charge on any atom is -0.390 e. The lowest BCUT2D eigenvalue weighted by molar-refractivity contribution is 0.0678. The average Bonchev–Trinajstić information content (AvgIpc) is 3.03. The minimum absolute atomic E-state index is 0.00211. The molecular formula is C16H26N4O3. The summed E-state index contributed by atoms with van der Waals surface area (Å²) < 4.78 is 56.5. The molecule has 0 unspecified atom stereocenters. The summed E-state index contributed by atoms with van der Waals surface area (Å²) in [6.45, 7) is -3.18. The number of hydrogen-bond acceptors (Lipinski definition) is 4.